The Morgan fingerprint density at radius 2 is 1.27 bits per heavy atom. The maximum Gasteiger partial charge on any atom is 0.143 e. The summed E-state index contributed by atoms with van der Waals surface area (Å²) in [5, 5.41) is 7.25. The number of rotatable bonds is 3. The molecule has 0 fully saturated rings. The van der Waals surface area contributed by atoms with Gasteiger partial charge in [-0.15, -0.1) is 11.3 Å². The van der Waals surface area contributed by atoms with Crippen molar-refractivity contribution in [1.82, 2.24) is 4.57 Å². The lowest BCUT2D eigenvalue weighted by molar-refractivity contribution is 0.673. The van der Waals surface area contributed by atoms with Gasteiger partial charge in [0.05, 0.1) is 15.7 Å². The standard InChI is InChI=1S/C42H25NOS/c1-2-13-30(14-3-1)43-36-18-7-6-16-33(36)42-40(43)34-22-21-28(25-38(34)45-42)27-11-8-12-29(24-27)31-17-9-19-37-39(31)35-23-20-26-10-4-5-15-32(26)41(35)44-37/h1-25H. The van der Waals surface area contributed by atoms with Crippen LogP contribution in [0.2, 0.25) is 0 Å². The molecular weight excluding hydrogens is 567 g/mol. The molecule has 0 aliphatic carbocycles. The highest BCUT2D eigenvalue weighted by atomic mass is 32.1. The number of thiophene rings is 1. The van der Waals surface area contributed by atoms with Crippen molar-refractivity contribution in [1.29, 1.82) is 0 Å². The lowest BCUT2D eigenvalue weighted by Crippen LogP contribution is -1.92. The molecule has 0 amide bonds. The first-order valence-corrected chi connectivity index (χ1v) is 16.1. The van der Waals surface area contributed by atoms with Crippen LogP contribution in [0.3, 0.4) is 0 Å². The Labute approximate surface area is 263 Å². The van der Waals surface area contributed by atoms with Gasteiger partial charge >= 0.3 is 0 Å². The molecule has 45 heavy (non-hydrogen) atoms. The van der Waals surface area contributed by atoms with Gasteiger partial charge in [-0.2, -0.15) is 0 Å². The summed E-state index contributed by atoms with van der Waals surface area (Å²) in [6.45, 7) is 0. The second-order valence-corrected chi connectivity index (χ2v) is 12.8. The van der Waals surface area contributed by atoms with E-state index < -0.39 is 0 Å². The van der Waals surface area contributed by atoms with Crippen molar-refractivity contribution in [2.45, 2.75) is 0 Å². The zero-order valence-corrected chi connectivity index (χ0v) is 25.0. The predicted molar refractivity (Wildman–Crippen MR) is 192 cm³/mol. The predicted octanol–water partition coefficient (Wildman–Crippen LogP) is 12.4. The molecule has 0 saturated carbocycles. The highest BCUT2D eigenvalue weighted by molar-refractivity contribution is 7.26. The van der Waals surface area contributed by atoms with Gasteiger partial charge < -0.3 is 8.98 Å². The molecule has 3 aromatic heterocycles. The van der Waals surface area contributed by atoms with E-state index in [0.717, 1.165) is 21.9 Å². The molecule has 210 valence electrons. The number of hydrogen-bond acceptors (Lipinski definition) is 2. The lowest BCUT2D eigenvalue weighted by Gasteiger charge is -2.09. The van der Waals surface area contributed by atoms with Crippen molar-refractivity contribution < 1.29 is 4.42 Å². The van der Waals surface area contributed by atoms with Crippen LogP contribution in [-0.2, 0) is 0 Å². The Morgan fingerprint density at radius 3 is 2.20 bits per heavy atom. The number of hydrogen-bond donors (Lipinski definition) is 0. The molecule has 0 saturated heterocycles. The third-order valence-electron chi connectivity index (χ3n) is 9.19. The fourth-order valence-corrected chi connectivity index (χ4v) is 8.42. The maximum absolute atomic E-state index is 6.48. The van der Waals surface area contributed by atoms with E-state index in [2.05, 4.69) is 156 Å². The van der Waals surface area contributed by atoms with Crippen LogP contribution in [0.4, 0.5) is 0 Å². The van der Waals surface area contributed by atoms with E-state index >= 15 is 0 Å². The number of aromatic nitrogens is 1. The van der Waals surface area contributed by atoms with Crippen molar-refractivity contribution in [2.75, 3.05) is 0 Å². The molecule has 0 aliphatic heterocycles. The third kappa shape index (κ3) is 3.62. The fourth-order valence-electron chi connectivity index (χ4n) is 7.15. The minimum atomic E-state index is 0.919. The molecule has 3 heterocycles. The second-order valence-electron chi connectivity index (χ2n) is 11.7. The summed E-state index contributed by atoms with van der Waals surface area (Å²) in [5.41, 5.74) is 10.4. The van der Waals surface area contributed by atoms with E-state index in [-0.39, 0.29) is 0 Å². The summed E-state index contributed by atoms with van der Waals surface area (Å²) in [7, 11) is 0. The number of nitrogens with zero attached hydrogens (tertiary/aromatic N) is 1. The molecular formula is C42H25NOS. The van der Waals surface area contributed by atoms with Crippen molar-refractivity contribution >= 4 is 75.3 Å². The largest absolute Gasteiger partial charge is 0.455 e. The Kier molecular flexibility index (Phi) is 5.19. The summed E-state index contributed by atoms with van der Waals surface area (Å²) in [6.07, 6.45) is 0. The zero-order chi connectivity index (χ0) is 29.5. The second kappa shape index (κ2) is 9.43. The number of para-hydroxylation sites is 2. The minimum Gasteiger partial charge on any atom is -0.455 e. The molecule has 2 nitrogen and oxygen atoms in total. The van der Waals surface area contributed by atoms with Gasteiger partial charge in [-0.3, -0.25) is 0 Å². The molecule has 10 rings (SSSR count). The Hall–Kier alpha value is -5.64. The number of furan rings is 1. The van der Waals surface area contributed by atoms with Crippen LogP contribution in [0.25, 0.3) is 91.9 Å². The van der Waals surface area contributed by atoms with Gasteiger partial charge in [0, 0.05) is 37.3 Å². The first-order chi connectivity index (χ1) is 22.3. The average Bonchev–Trinajstić information content (AvgIpc) is 3.77. The molecule has 0 radical (unpaired) electrons. The van der Waals surface area contributed by atoms with Gasteiger partial charge in [0.2, 0.25) is 0 Å². The highest BCUT2D eigenvalue weighted by Gasteiger charge is 2.19. The van der Waals surface area contributed by atoms with Crippen LogP contribution in [0.1, 0.15) is 0 Å². The van der Waals surface area contributed by atoms with Crippen molar-refractivity contribution in [3.05, 3.63) is 152 Å². The fraction of sp³-hybridized carbons (Fsp3) is 0. The smallest absolute Gasteiger partial charge is 0.143 e. The van der Waals surface area contributed by atoms with Gasteiger partial charge in [0.25, 0.3) is 0 Å². The summed E-state index contributed by atoms with van der Waals surface area (Å²) in [4.78, 5) is 0. The van der Waals surface area contributed by atoms with Crippen LogP contribution in [0.5, 0.6) is 0 Å². The molecule has 7 aromatic carbocycles. The molecule has 0 bridgehead atoms. The van der Waals surface area contributed by atoms with Gasteiger partial charge in [0.15, 0.2) is 0 Å². The molecule has 0 aliphatic rings. The van der Waals surface area contributed by atoms with Crippen molar-refractivity contribution in [2.24, 2.45) is 0 Å². The summed E-state index contributed by atoms with van der Waals surface area (Å²) < 4.78 is 11.5. The van der Waals surface area contributed by atoms with Crippen LogP contribution < -0.4 is 0 Å². The first kappa shape index (κ1) is 24.8. The van der Waals surface area contributed by atoms with E-state index in [4.69, 9.17) is 4.42 Å². The summed E-state index contributed by atoms with van der Waals surface area (Å²) in [5.74, 6) is 0. The summed E-state index contributed by atoms with van der Waals surface area (Å²) in [6, 6.07) is 54.6. The maximum atomic E-state index is 6.48. The topological polar surface area (TPSA) is 18.1 Å². The molecule has 0 N–H and O–H groups in total. The molecule has 0 unspecified atom stereocenters. The van der Waals surface area contributed by atoms with E-state index in [0.29, 0.717) is 0 Å². The average molecular weight is 592 g/mol. The van der Waals surface area contributed by atoms with Crippen LogP contribution >= 0.6 is 11.3 Å². The highest BCUT2D eigenvalue weighted by Crippen LogP contribution is 2.44. The van der Waals surface area contributed by atoms with Gasteiger partial charge in [-0.25, -0.2) is 0 Å². The van der Waals surface area contributed by atoms with Crippen LogP contribution in [0, 0.1) is 0 Å². The molecule has 3 heteroatoms. The Balaban J connectivity index is 1.14. The number of fused-ring (bicyclic) bond motifs is 10. The molecule has 0 spiro atoms. The first-order valence-electron chi connectivity index (χ1n) is 15.3. The van der Waals surface area contributed by atoms with Crippen molar-refractivity contribution in [3.63, 3.8) is 0 Å². The van der Waals surface area contributed by atoms with Gasteiger partial charge in [-0.1, -0.05) is 109 Å². The number of benzene rings is 7. The lowest BCUT2D eigenvalue weighted by atomic mass is 9.95. The van der Waals surface area contributed by atoms with Crippen LogP contribution in [0.15, 0.2) is 156 Å². The Bertz CT molecular complexity index is 2760. The van der Waals surface area contributed by atoms with E-state index in [1.54, 1.807) is 0 Å². The van der Waals surface area contributed by atoms with E-state index in [9.17, 15) is 0 Å². The van der Waals surface area contributed by atoms with Gasteiger partial charge in [-0.05, 0) is 70.1 Å². The van der Waals surface area contributed by atoms with Gasteiger partial charge in [0.1, 0.15) is 11.2 Å². The minimum absolute atomic E-state index is 0.919. The quantitative estimate of drug-likeness (QED) is 0.200. The normalized spacial score (nSPS) is 12.0. The van der Waals surface area contributed by atoms with E-state index in [1.807, 2.05) is 11.3 Å². The summed E-state index contributed by atoms with van der Waals surface area (Å²) >= 11 is 1.89. The van der Waals surface area contributed by atoms with Crippen molar-refractivity contribution in [3.8, 4) is 27.9 Å². The monoisotopic (exact) mass is 591 g/mol. The Morgan fingerprint density at radius 1 is 0.511 bits per heavy atom. The van der Waals surface area contributed by atoms with E-state index in [1.165, 1.54) is 69.9 Å². The molecule has 0 atom stereocenters. The van der Waals surface area contributed by atoms with Crippen LogP contribution in [-0.4, -0.2) is 4.57 Å². The third-order valence-corrected chi connectivity index (χ3v) is 10.4. The SMILES string of the molecule is c1ccc(-n2c3ccccc3c3sc4cc(-c5cccc(-c6cccc7oc8c9ccccc9ccc8c67)c5)ccc4c32)cc1. The molecule has 10 aromatic rings. The zero-order valence-electron chi connectivity index (χ0n) is 24.2.